The molecule has 8 nitrogen and oxygen atoms in total. The molecule has 3 rings (SSSR count). The second kappa shape index (κ2) is 11.4. The molecule has 1 heterocycles. The van der Waals surface area contributed by atoms with E-state index in [9.17, 15) is 9.59 Å². The third kappa shape index (κ3) is 6.87. The van der Waals surface area contributed by atoms with Crippen LogP contribution in [-0.4, -0.2) is 41.3 Å². The van der Waals surface area contributed by atoms with Gasteiger partial charge in [-0.05, 0) is 43.0 Å². The number of aromatic nitrogens is 1. The van der Waals surface area contributed by atoms with Gasteiger partial charge in [0.25, 0.3) is 0 Å². The van der Waals surface area contributed by atoms with E-state index >= 15 is 0 Å². The molecule has 32 heavy (non-hydrogen) atoms. The minimum atomic E-state index is -1.05. The lowest BCUT2D eigenvalue weighted by atomic mass is 9.93. The van der Waals surface area contributed by atoms with Crippen LogP contribution in [-0.2, 0) is 4.79 Å². The quantitative estimate of drug-likeness (QED) is 0.508. The highest BCUT2D eigenvalue weighted by Crippen LogP contribution is 2.35. The maximum absolute atomic E-state index is 12.7. The number of hydrogen-bond acceptors (Lipinski definition) is 5. The van der Waals surface area contributed by atoms with Gasteiger partial charge in [0.15, 0.2) is 6.61 Å². The Morgan fingerprint density at radius 1 is 1.12 bits per heavy atom. The van der Waals surface area contributed by atoms with E-state index in [1.165, 1.54) is 19.3 Å². The second-order valence-corrected chi connectivity index (χ2v) is 8.51. The van der Waals surface area contributed by atoms with Gasteiger partial charge in [0.05, 0.1) is 11.4 Å². The van der Waals surface area contributed by atoms with Crippen LogP contribution in [0, 0.1) is 5.92 Å². The summed E-state index contributed by atoms with van der Waals surface area (Å²) in [5, 5.41) is 14.7. The van der Waals surface area contributed by atoms with Crippen molar-refractivity contribution in [3.05, 3.63) is 42.7 Å². The van der Waals surface area contributed by atoms with Crippen LogP contribution in [0.3, 0.4) is 0 Å². The Bertz CT molecular complexity index is 898. The highest BCUT2D eigenvalue weighted by molar-refractivity contribution is 6.02. The van der Waals surface area contributed by atoms with Crippen molar-refractivity contribution in [3.8, 4) is 5.75 Å². The average Bonchev–Trinajstić information content (AvgIpc) is 2.77. The van der Waals surface area contributed by atoms with Crippen molar-refractivity contribution < 1.29 is 19.4 Å². The maximum atomic E-state index is 12.7. The van der Waals surface area contributed by atoms with Crippen molar-refractivity contribution >= 4 is 29.1 Å². The summed E-state index contributed by atoms with van der Waals surface area (Å²) in [5.41, 5.74) is 2.13. The topological polar surface area (TPSA) is 104 Å². The predicted octanol–water partition coefficient (Wildman–Crippen LogP) is 4.98. The maximum Gasteiger partial charge on any atom is 0.341 e. The molecule has 3 N–H and O–H groups in total. The summed E-state index contributed by atoms with van der Waals surface area (Å²) in [6, 6.07) is 8.80. The first kappa shape index (κ1) is 23.4. The molecule has 2 amide bonds. The number of rotatable bonds is 9. The number of benzene rings is 1. The van der Waals surface area contributed by atoms with Crippen molar-refractivity contribution in [2.24, 2.45) is 5.92 Å². The molecule has 0 unspecified atom stereocenters. The first-order valence-electron chi connectivity index (χ1n) is 11.2. The number of amides is 2. The number of carbonyl (C=O) groups is 2. The molecule has 0 aliphatic heterocycles. The monoisotopic (exact) mass is 440 g/mol. The summed E-state index contributed by atoms with van der Waals surface area (Å²) < 4.78 is 5.37. The number of aliphatic carboxylic acids is 1. The number of anilines is 3. The Hall–Kier alpha value is -3.29. The average molecular weight is 441 g/mol. The van der Waals surface area contributed by atoms with E-state index in [1.54, 1.807) is 36.7 Å². The number of carboxylic acid groups (broad SMARTS) is 1. The standard InChI is InChI=1S/C24H32N4O4/c1-17(2)15-28(19-6-4-3-5-7-19)22-9-8-20(32-16-23(29)30)14-21(22)27-24(31)26-18-10-12-25-13-11-18/h8-14,17,19H,3-7,15-16H2,1-2H3,(H,29,30)(H2,25,26,27,31). The second-order valence-electron chi connectivity index (χ2n) is 8.51. The van der Waals surface area contributed by atoms with Crippen molar-refractivity contribution in [1.29, 1.82) is 0 Å². The van der Waals surface area contributed by atoms with Gasteiger partial charge >= 0.3 is 12.0 Å². The van der Waals surface area contributed by atoms with Crippen LogP contribution in [0.2, 0.25) is 0 Å². The fourth-order valence-electron chi connectivity index (χ4n) is 4.05. The number of hydrogen-bond donors (Lipinski definition) is 3. The third-order valence-electron chi connectivity index (χ3n) is 5.40. The summed E-state index contributed by atoms with van der Waals surface area (Å²) in [6.07, 6.45) is 9.10. The SMILES string of the molecule is CC(C)CN(c1ccc(OCC(=O)O)cc1NC(=O)Nc1ccncc1)C1CCCCC1. The molecule has 0 bridgehead atoms. The van der Waals surface area contributed by atoms with E-state index in [2.05, 4.69) is 34.4 Å². The van der Waals surface area contributed by atoms with Crippen molar-refractivity contribution in [2.45, 2.75) is 52.0 Å². The lowest BCUT2D eigenvalue weighted by molar-refractivity contribution is -0.139. The molecular weight excluding hydrogens is 408 g/mol. The van der Waals surface area contributed by atoms with Crippen LogP contribution in [0.5, 0.6) is 5.75 Å². The molecule has 172 valence electrons. The number of ether oxygens (including phenoxy) is 1. The highest BCUT2D eigenvalue weighted by Gasteiger charge is 2.25. The zero-order chi connectivity index (χ0) is 22.9. The molecular formula is C24H32N4O4. The summed E-state index contributed by atoms with van der Waals surface area (Å²) >= 11 is 0. The smallest absolute Gasteiger partial charge is 0.341 e. The van der Waals surface area contributed by atoms with Gasteiger partial charge in [-0.25, -0.2) is 9.59 Å². The molecule has 8 heteroatoms. The van der Waals surface area contributed by atoms with Crippen LogP contribution >= 0.6 is 0 Å². The number of nitrogens with zero attached hydrogens (tertiary/aromatic N) is 2. The normalized spacial score (nSPS) is 14.1. The molecule has 2 aromatic rings. The van der Waals surface area contributed by atoms with Crippen LogP contribution < -0.4 is 20.3 Å². The molecule has 0 atom stereocenters. The zero-order valence-electron chi connectivity index (χ0n) is 18.7. The minimum absolute atomic E-state index is 0.388. The van der Waals surface area contributed by atoms with Crippen molar-refractivity contribution in [2.75, 3.05) is 28.7 Å². The van der Waals surface area contributed by atoms with Crippen LogP contribution in [0.15, 0.2) is 42.7 Å². The first-order valence-corrected chi connectivity index (χ1v) is 11.2. The first-order chi connectivity index (χ1) is 15.4. The summed E-state index contributed by atoms with van der Waals surface area (Å²) in [6.45, 7) is 4.79. The Morgan fingerprint density at radius 3 is 2.50 bits per heavy atom. The van der Waals surface area contributed by atoms with Crippen LogP contribution in [0.25, 0.3) is 0 Å². The van der Waals surface area contributed by atoms with Gasteiger partial charge in [-0.1, -0.05) is 33.1 Å². The van der Waals surface area contributed by atoms with E-state index in [0.29, 0.717) is 29.1 Å². The van der Waals surface area contributed by atoms with E-state index in [4.69, 9.17) is 9.84 Å². The van der Waals surface area contributed by atoms with Gasteiger partial charge in [-0.3, -0.25) is 4.98 Å². The molecule has 1 aromatic carbocycles. The van der Waals surface area contributed by atoms with Crippen molar-refractivity contribution in [3.63, 3.8) is 0 Å². The number of nitrogens with one attached hydrogen (secondary N) is 2. The molecule has 1 saturated carbocycles. The van der Waals surface area contributed by atoms with E-state index in [1.807, 2.05) is 6.07 Å². The molecule has 0 saturated heterocycles. The molecule has 1 aliphatic carbocycles. The predicted molar refractivity (Wildman–Crippen MR) is 126 cm³/mol. The number of carbonyl (C=O) groups excluding carboxylic acids is 1. The van der Waals surface area contributed by atoms with Gasteiger partial charge in [-0.2, -0.15) is 0 Å². The van der Waals surface area contributed by atoms with Gasteiger partial charge in [0.1, 0.15) is 5.75 Å². The van der Waals surface area contributed by atoms with Gasteiger partial charge < -0.3 is 25.4 Å². The molecule has 1 aliphatic rings. The van der Waals surface area contributed by atoms with E-state index in [-0.39, 0.29) is 6.03 Å². The minimum Gasteiger partial charge on any atom is -0.482 e. The largest absolute Gasteiger partial charge is 0.482 e. The molecule has 1 aromatic heterocycles. The molecule has 1 fully saturated rings. The summed E-state index contributed by atoms with van der Waals surface area (Å²) in [5.74, 6) is -0.218. The fourth-order valence-corrected chi connectivity index (χ4v) is 4.05. The third-order valence-corrected chi connectivity index (χ3v) is 5.40. The number of urea groups is 1. The van der Waals surface area contributed by atoms with E-state index in [0.717, 1.165) is 25.1 Å². The Balaban J connectivity index is 1.89. The lowest BCUT2D eigenvalue weighted by Crippen LogP contribution is -2.40. The highest BCUT2D eigenvalue weighted by atomic mass is 16.5. The Morgan fingerprint density at radius 2 is 1.84 bits per heavy atom. The summed E-state index contributed by atoms with van der Waals surface area (Å²) in [7, 11) is 0. The summed E-state index contributed by atoms with van der Waals surface area (Å²) in [4.78, 5) is 30.0. The Labute approximate surface area is 189 Å². The number of carboxylic acids is 1. The van der Waals surface area contributed by atoms with Gasteiger partial charge in [-0.15, -0.1) is 0 Å². The lowest BCUT2D eigenvalue weighted by Gasteiger charge is -2.38. The fraction of sp³-hybridized carbons (Fsp3) is 0.458. The molecule has 0 radical (unpaired) electrons. The number of pyridine rings is 1. The zero-order valence-corrected chi connectivity index (χ0v) is 18.7. The van der Waals surface area contributed by atoms with Crippen LogP contribution in [0.4, 0.5) is 21.9 Å². The molecule has 0 spiro atoms. The van der Waals surface area contributed by atoms with Crippen molar-refractivity contribution in [1.82, 2.24) is 4.98 Å². The van der Waals surface area contributed by atoms with Gasteiger partial charge in [0.2, 0.25) is 0 Å². The van der Waals surface area contributed by atoms with Gasteiger partial charge in [0, 0.05) is 36.7 Å². The van der Waals surface area contributed by atoms with Crippen LogP contribution in [0.1, 0.15) is 46.0 Å². The van der Waals surface area contributed by atoms with E-state index < -0.39 is 12.6 Å². The Kier molecular flexibility index (Phi) is 8.30.